The Bertz CT molecular complexity index is 535. The van der Waals surface area contributed by atoms with Gasteiger partial charge in [-0.25, -0.2) is 0 Å². The molecular formula is C16H20O4P+. The average Bonchev–Trinajstić information content (AvgIpc) is 2.47. The zero-order chi connectivity index (χ0) is 15.7. The maximum Gasteiger partial charge on any atom is 0.440 e. The molecule has 0 saturated carbocycles. The molecule has 0 aromatic heterocycles. The highest BCUT2D eigenvalue weighted by Gasteiger charge is 2.32. The standard InChI is InChI=1S/C10H12O.C6H8O3P/c1-9(11)7-8-10-5-3-2-4-6-10;7-10(8,9)6-4-2-1-3-5-6/h2-6H,7-8H2,1H3;1-5,7-9H/q;+1. The minimum absolute atomic E-state index is 0.176. The lowest BCUT2D eigenvalue weighted by Crippen LogP contribution is -2.07. The molecule has 2 aromatic rings. The van der Waals surface area contributed by atoms with Crippen molar-refractivity contribution in [2.75, 3.05) is 0 Å². The number of hydrogen-bond acceptors (Lipinski definition) is 4. The van der Waals surface area contributed by atoms with Crippen LogP contribution < -0.4 is 5.30 Å². The number of carbonyl (C=O) groups excluding carboxylic acids is 1. The zero-order valence-electron chi connectivity index (χ0n) is 11.9. The van der Waals surface area contributed by atoms with Crippen molar-refractivity contribution in [1.29, 1.82) is 0 Å². The Labute approximate surface area is 125 Å². The summed E-state index contributed by atoms with van der Waals surface area (Å²) in [6.45, 7) is 1.63. The maximum atomic E-state index is 10.6. The van der Waals surface area contributed by atoms with Crippen LogP contribution >= 0.6 is 7.94 Å². The highest BCUT2D eigenvalue weighted by Crippen LogP contribution is 2.42. The minimum atomic E-state index is -3.77. The van der Waals surface area contributed by atoms with Crippen molar-refractivity contribution < 1.29 is 19.5 Å². The first-order valence-electron chi connectivity index (χ1n) is 6.56. The van der Waals surface area contributed by atoms with E-state index in [9.17, 15) is 4.79 Å². The summed E-state index contributed by atoms with van der Waals surface area (Å²) in [6, 6.07) is 18.0. The van der Waals surface area contributed by atoms with E-state index in [0.29, 0.717) is 6.42 Å². The highest BCUT2D eigenvalue weighted by atomic mass is 31.2. The molecule has 0 aliphatic rings. The molecule has 4 nitrogen and oxygen atoms in total. The Hall–Kier alpha value is -1.58. The van der Waals surface area contributed by atoms with Gasteiger partial charge in [-0.3, -0.25) is 0 Å². The van der Waals surface area contributed by atoms with Crippen molar-refractivity contribution in [2.24, 2.45) is 0 Å². The van der Waals surface area contributed by atoms with Gasteiger partial charge in [0, 0.05) is 6.42 Å². The van der Waals surface area contributed by atoms with Gasteiger partial charge in [0.1, 0.15) is 5.78 Å². The first kappa shape index (κ1) is 17.5. The second-order valence-electron chi connectivity index (χ2n) is 4.59. The lowest BCUT2D eigenvalue weighted by atomic mass is 10.1. The summed E-state index contributed by atoms with van der Waals surface area (Å²) < 4.78 is 0. The Morgan fingerprint density at radius 2 is 1.38 bits per heavy atom. The van der Waals surface area contributed by atoms with Crippen LogP contribution in [0.3, 0.4) is 0 Å². The number of ketones is 1. The van der Waals surface area contributed by atoms with Gasteiger partial charge >= 0.3 is 7.94 Å². The maximum absolute atomic E-state index is 10.6. The van der Waals surface area contributed by atoms with Crippen molar-refractivity contribution in [3.05, 3.63) is 66.2 Å². The molecular weight excluding hydrogens is 287 g/mol. The summed E-state index contributed by atoms with van der Waals surface area (Å²) in [6.07, 6.45) is 1.53. The Morgan fingerprint density at radius 1 is 0.905 bits per heavy atom. The second-order valence-corrected chi connectivity index (χ2v) is 6.24. The number of carbonyl (C=O) groups is 1. The minimum Gasteiger partial charge on any atom is -0.300 e. The summed E-state index contributed by atoms with van der Waals surface area (Å²) in [5.74, 6) is 0.258. The van der Waals surface area contributed by atoms with Crippen LogP contribution in [0.5, 0.6) is 0 Å². The van der Waals surface area contributed by atoms with Gasteiger partial charge in [-0.1, -0.05) is 48.5 Å². The van der Waals surface area contributed by atoms with Crippen LogP contribution in [0.4, 0.5) is 0 Å². The van der Waals surface area contributed by atoms with E-state index in [0.717, 1.165) is 6.42 Å². The Morgan fingerprint density at radius 3 is 1.76 bits per heavy atom. The number of benzene rings is 2. The molecule has 0 spiro atoms. The number of rotatable bonds is 4. The van der Waals surface area contributed by atoms with Crippen LogP contribution in [-0.2, 0) is 11.2 Å². The van der Waals surface area contributed by atoms with Gasteiger partial charge in [0.2, 0.25) is 0 Å². The van der Waals surface area contributed by atoms with Gasteiger partial charge in [0.25, 0.3) is 0 Å². The average molecular weight is 307 g/mol. The van der Waals surface area contributed by atoms with E-state index in [4.69, 9.17) is 14.7 Å². The molecule has 5 heteroatoms. The van der Waals surface area contributed by atoms with Crippen molar-refractivity contribution in [2.45, 2.75) is 19.8 Å². The van der Waals surface area contributed by atoms with Crippen LogP contribution in [0, 0.1) is 0 Å². The third-order valence-corrected chi connectivity index (χ3v) is 3.70. The molecule has 21 heavy (non-hydrogen) atoms. The smallest absolute Gasteiger partial charge is 0.300 e. The molecule has 2 rings (SSSR count). The fourth-order valence-corrected chi connectivity index (χ4v) is 2.17. The molecule has 0 saturated heterocycles. The van der Waals surface area contributed by atoms with Gasteiger partial charge in [0.05, 0.1) is 0 Å². The largest absolute Gasteiger partial charge is 0.440 e. The summed E-state index contributed by atoms with van der Waals surface area (Å²) >= 11 is 0. The summed E-state index contributed by atoms with van der Waals surface area (Å²) in [5.41, 5.74) is 1.24. The highest BCUT2D eigenvalue weighted by molar-refractivity contribution is 7.66. The first-order chi connectivity index (χ1) is 9.89. The van der Waals surface area contributed by atoms with Crippen molar-refractivity contribution >= 4 is 19.0 Å². The van der Waals surface area contributed by atoms with Gasteiger partial charge in [-0.2, -0.15) is 14.7 Å². The molecule has 0 heterocycles. The van der Waals surface area contributed by atoms with Gasteiger partial charge in [-0.05, 0) is 31.0 Å². The second kappa shape index (κ2) is 8.65. The van der Waals surface area contributed by atoms with Crippen LogP contribution in [0.2, 0.25) is 0 Å². The van der Waals surface area contributed by atoms with Crippen LogP contribution in [0.1, 0.15) is 18.9 Å². The summed E-state index contributed by atoms with van der Waals surface area (Å²) in [7, 11) is -3.77. The molecule has 3 N–H and O–H groups in total. The molecule has 0 aliphatic heterocycles. The van der Waals surface area contributed by atoms with E-state index in [1.54, 1.807) is 25.1 Å². The molecule has 0 aliphatic carbocycles. The monoisotopic (exact) mass is 307 g/mol. The molecule has 0 amide bonds. The molecule has 2 aromatic carbocycles. The van der Waals surface area contributed by atoms with Crippen molar-refractivity contribution in [3.63, 3.8) is 0 Å². The first-order valence-corrected chi connectivity index (χ1v) is 8.20. The third-order valence-electron chi connectivity index (χ3n) is 2.71. The van der Waals surface area contributed by atoms with E-state index in [1.807, 2.05) is 30.3 Å². The molecule has 0 bridgehead atoms. The zero-order valence-corrected chi connectivity index (χ0v) is 12.8. The van der Waals surface area contributed by atoms with Crippen molar-refractivity contribution in [1.82, 2.24) is 0 Å². The fourth-order valence-electron chi connectivity index (χ4n) is 1.59. The predicted octanol–water partition coefficient (Wildman–Crippen LogP) is 2.26. The molecule has 0 radical (unpaired) electrons. The topological polar surface area (TPSA) is 77.8 Å². The van der Waals surface area contributed by atoms with Crippen LogP contribution in [0.25, 0.3) is 0 Å². The molecule has 112 valence electrons. The van der Waals surface area contributed by atoms with Crippen LogP contribution in [0.15, 0.2) is 60.7 Å². The lowest BCUT2D eigenvalue weighted by molar-refractivity contribution is -0.116. The molecule has 0 fully saturated rings. The van der Waals surface area contributed by atoms with E-state index < -0.39 is 7.94 Å². The normalized spacial score (nSPS) is 10.5. The van der Waals surface area contributed by atoms with Crippen LogP contribution in [-0.4, -0.2) is 20.5 Å². The third kappa shape index (κ3) is 7.69. The SMILES string of the molecule is CC(=O)CCc1ccccc1.O[P+](O)(O)c1ccccc1. The molecule has 0 atom stereocenters. The lowest BCUT2D eigenvalue weighted by Gasteiger charge is -2.00. The number of aryl methyl sites for hydroxylation is 1. The van der Waals surface area contributed by atoms with Crippen molar-refractivity contribution in [3.8, 4) is 0 Å². The van der Waals surface area contributed by atoms with E-state index >= 15 is 0 Å². The van der Waals surface area contributed by atoms with Gasteiger partial charge in [0.15, 0.2) is 5.30 Å². The van der Waals surface area contributed by atoms with Gasteiger partial charge in [-0.15, -0.1) is 0 Å². The van der Waals surface area contributed by atoms with E-state index in [1.165, 1.54) is 17.7 Å². The molecule has 0 unspecified atom stereocenters. The Balaban J connectivity index is 0.000000211. The quantitative estimate of drug-likeness (QED) is 0.757. The van der Waals surface area contributed by atoms with E-state index in [-0.39, 0.29) is 11.1 Å². The van der Waals surface area contributed by atoms with E-state index in [2.05, 4.69) is 0 Å². The van der Waals surface area contributed by atoms with Gasteiger partial charge < -0.3 is 4.79 Å². The summed E-state index contributed by atoms with van der Waals surface area (Å²) in [5, 5.41) is 0.176. The fraction of sp³-hybridized carbons (Fsp3) is 0.188. The Kier molecular flexibility index (Phi) is 7.20. The number of Topliss-reactive ketones (excluding diaryl/α,β-unsaturated/α-hetero) is 1. The predicted molar refractivity (Wildman–Crippen MR) is 85.1 cm³/mol. The number of hydrogen-bond donors (Lipinski definition) is 3. The summed E-state index contributed by atoms with van der Waals surface area (Å²) in [4.78, 5) is 36.8.